The fourth-order valence-electron chi connectivity index (χ4n) is 2.12. The molecule has 0 aliphatic rings. The molecule has 0 saturated heterocycles. The lowest BCUT2D eigenvalue weighted by Gasteiger charge is -2.33. The molecule has 1 N–H and O–H groups in total. The molecule has 0 unspecified atom stereocenters. The second-order valence-corrected chi connectivity index (χ2v) is 7.02. The maximum atomic E-state index is 12.5. The molecule has 3 nitrogen and oxygen atoms in total. The molecule has 0 aromatic heterocycles. The summed E-state index contributed by atoms with van der Waals surface area (Å²) in [6.45, 7) is 7.51. The Bertz CT molecular complexity index is 446. The van der Waals surface area contributed by atoms with Gasteiger partial charge in [0.2, 0.25) is 5.91 Å². The highest BCUT2D eigenvalue weighted by Gasteiger charge is 2.33. The number of rotatable bonds is 4. The van der Waals surface area contributed by atoms with Gasteiger partial charge in [0.25, 0.3) is 0 Å². The minimum Gasteiger partial charge on any atom is -0.389 e. The molecule has 1 aromatic rings. The highest BCUT2D eigenvalue weighted by molar-refractivity contribution is 9.10. The zero-order valence-electron chi connectivity index (χ0n) is 12.2. The third kappa shape index (κ3) is 4.32. The molecular weight excluding hydrogens is 306 g/mol. The standard InChI is InChI=1S/C15H22BrNO2/c1-14(2,19)10-17(5)13(18)15(3,4)11-6-8-12(16)9-7-11/h6-9,19H,10H2,1-5H3. The molecule has 0 fully saturated rings. The maximum Gasteiger partial charge on any atom is 0.232 e. The molecule has 4 heteroatoms. The second-order valence-electron chi connectivity index (χ2n) is 6.11. The molecule has 106 valence electrons. The summed E-state index contributed by atoms with van der Waals surface area (Å²) in [5.41, 5.74) is -0.538. The van der Waals surface area contributed by atoms with Crippen LogP contribution in [0.5, 0.6) is 0 Å². The zero-order valence-corrected chi connectivity index (χ0v) is 13.8. The van der Waals surface area contributed by atoms with Crippen molar-refractivity contribution in [3.63, 3.8) is 0 Å². The molecule has 19 heavy (non-hydrogen) atoms. The molecule has 1 aromatic carbocycles. The first-order valence-corrected chi connectivity index (χ1v) is 7.07. The van der Waals surface area contributed by atoms with Gasteiger partial charge in [-0.2, -0.15) is 0 Å². The summed E-state index contributed by atoms with van der Waals surface area (Å²) in [6.07, 6.45) is 0. The van der Waals surface area contributed by atoms with Crippen molar-refractivity contribution in [3.8, 4) is 0 Å². The van der Waals surface area contributed by atoms with Crippen LogP contribution in [-0.4, -0.2) is 35.1 Å². The first-order valence-electron chi connectivity index (χ1n) is 6.28. The van der Waals surface area contributed by atoms with E-state index in [1.807, 2.05) is 38.1 Å². The highest BCUT2D eigenvalue weighted by atomic mass is 79.9. The van der Waals surface area contributed by atoms with Gasteiger partial charge in [0.05, 0.1) is 11.0 Å². The van der Waals surface area contributed by atoms with Crippen LogP contribution in [0.1, 0.15) is 33.3 Å². The first kappa shape index (κ1) is 16.2. The lowest BCUT2D eigenvalue weighted by Crippen LogP contribution is -2.46. The number of halogens is 1. The van der Waals surface area contributed by atoms with Gasteiger partial charge in [-0.15, -0.1) is 0 Å². The quantitative estimate of drug-likeness (QED) is 0.923. The van der Waals surface area contributed by atoms with Crippen molar-refractivity contribution in [2.24, 2.45) is 0 Å². The van der Waals surface area contributed by atoms with Crippen molar-refractivity contribution in [1.82, 2.24) is 4.90 Å². The molecule has 0 radical (unpaired) electrons. The molecule has 0 saturated carbocycles. The van der Waals surface area contributed by atoms with E-state index in [1.54, 1.807) is 25.8 Å². The Morgan fingerprint density at radius 3 is 2.11 bits per heavy atom. The van der Waals surface area contributed by atoms with Crippen LogP contribution < -0.4 is 0 Å². The number of amides is 1. The molecule has 1 rings (SSSR count). The second kappa shape index (κ2) is 5.63. The molecule has 0 atom stereocenters. The topological polar surface area (TPSA) is 40.5 Å². The summed E-state index contributed by atoms with van der Waals surface area (Å²) in [6, 6.07) is 7.75. The molecule has 0 spiro atoms. The third-order valence-corrected chi connectivity index (χ3v) is 3.60. The van der Waals surface area contributed by atoms with Gasteiger partial charge < -0.3 is 10.0 Å². The van der Waals surface area contributed by atoms with E-state index >= 15 is 0 Å². The van der Waals surface area contributed by atoms with Crippen molar-refractivity contribution in [2.75, 3.05) is 13.6 Å². The third-order valence-electron chi connectivity index (χ3n) is 3.07. The van der Waals surface area contributed by atoms with E-state index in [0.29, 0.717) is 6.54 Å². The Labute approximate surface area is 123 Å². The number of nitrogens with zero attached hydrogens (tertiary/aromatic N) is 1. The van der Waals surface area contributed by atoms with E-state index in [9.17, 15) is 9.90 Å². The van der Waals surface area contributed by atoms with E-state index in [-0.39, 0.29) is 5.91 Å². The van der Waals surface area contributed by atoms with Crippen LogP contribution in [0, 0.1) is 0 Å². The Morgan fingerprint density at radius 1 is 1.21 bits per heavy atom. The smallest absolute Gasteiger partial charge is 0.232 e. The van der Waals surface area contributed by atoms with Crippen molar-refractivity contribution in [1.29, 1.82) is 0 Å². The Morgan fingerprint density at radius 2 is 1.68 bits per heavy atom. The molecular formula is C15H22BrNO2. The number of carbonyl (C=O) groups is 1. The number of benzene rings is 1. The predicted molar refractivity (Wildman–Crippen MR) is 81.1 cm³/mol. The SMILES string of the molecule is CN(CC(C)(C)O)C(=O)C(C)(C)c1ccc(Br)cc1. The van der Waals surface area contributed by atoms with Gasteiger partial charge in [-0.25, -0.2) is 0 Å². The summed E-state index contributed by atoms with van der Waals surface area (Å²) < 4.78 is 0.990. The summed E-state index contributed by atoms with van der Waals surface area (Å²) >= 11 is 3.39. The van der Waals surface area contributed by atoms with E-state index in [1.165, 1.54) is 0 Å². The normalized spacial score (nSPS) is 12.4. The number of aliphatic hydroxyl groups is 1. The van der Waals surface area contributed by atoms with Gasteiger partial charge >= 0.3 is 0 Å². The largest absolute Gasteiger partial charge is 0.389 e. The Balaban J connectivity index is 2.93. The summed E-state index contributed by atoms with van der Waals surface area (Å²) in [4.78, 5) is 14.1. The van der Waals surface area contributed by atoms with E-state index in [0.717, 1.165) is 10.0 Å². The van der Waals surface area contributed by atoms with E-state index < -0.39 is 11.0 Å². The van der Waals surface area contributed by atoms with E-state index in [2.05, 4.69) is 15.9 Å². The Hall–Kier alpha value is -0.870. The van der Waals surface area contributed by atoms with Gasteiger partial charge in [0, 0.05) is 18.1 Å². The number of carbonyl (C=O) groups excluding carboxylic acids is 1. The van der Waals surface area contributed by atoms with Crippen molar-refractivity contribution in [3.05, 3.63) is 34.3 Å². The zero-order chi connectivity index (χ0) is 14.8. The maximum absolute atomic E-state index is 12.5. The van der Waals surface area contributed by atoms with Crippen LogP contribution in [0.2, 0.25) is 0 Å². The number of hydrogen-bond donors (Lipinski definition) is 1. The van der Waals surface area contributed by atoms with Crippen LogP contribution in [-0.2, 0) is 10.2 Å². The van der Waals surface area contributed by atoms with Crippen molar-refractivity contribution >= 4 is 21.8 Å². The lowest BCUT2D eigenvalue weighted by atomic mass is 9.83. The first-order chi connectivity index (χ1) is 8.54. The van der Waals surface area contributed by atoms with Gasteiger partial charge in [-0.3, -0.25) is 4.79 Å². The lowest BCUT2D eigenvalue weighted by molar-refractivity contribution is -0.137. The molecule has 0 heterocycles. The van der Waals surface area contributed by atoms with Crippen LogP contribution >= 0.6 is 15.9 Å². The number of hydrogen-bond acceptors (Lipinski definition) is 2. The molecule has 0 aliphatic carbocycles. The minimum atomic E-state index is -0.889. The summed E-state index contributed by atoms with van der Waals surface area (Å²) in [5.74, 6) is -0.00283. The minimum absolute atomic E-state index is 0.00283. The van der Waals surface area contributed by atoms with Crippen molar-refractivity contribution in [2.45, 2.75) is 38.7 Å². The fraction of sp³-hybridized carbons (Fsp3) is 0.533. The average Bonchev–Trinajstić information content (AvgIpc) is 2.26. The fourth-order valence-corrected chi connectivity index (χ4v) is 2.38. The van der Waals surface area contributed by atoms with E-state index in [4.69, 9.17) is 0 Å². The van der Waals surface area contributed by atoms with Crippen molar-refractivity contribution < 1.29 is 9.90 Å². The molecule has 0 aliphatic heterocycles. The average molecular weight is 328 g/mol. The van der Waals surface area contributed by atoms with Crippen LogP contribution in [0.3, 0.4) is 0 Å². The van der Waals surface area contributed by atoms with Gasteiger partial charge in [0.15, 0.2) is 0 Å². The van der Waals surface area contributed by atoms with Gasteiger partial charge in [0.1, 0.15) is 0 Å². The molecule has 0 bridgehead atoms. The molecule has 1 amide bonds. The summed E-state index contributed by atoms with van der Waals surface area (Å²) in [7, 11) is 1.72. The number of likely N-dealkylation sites (N-methyl/N-ethyl adjacent to an activating group) is 1. The predicted octanol–water partition coefficient (Wildman–Crippen LogP) is 2.96. The Kier molecular flexibility index (Phi) is 4.80. The van der Waals surface area contributed by atoms with Crippen LogP contribution in [0.15, 0.2) is 28.7 Å². The van der Waals surface area contributed by atoms with Crippen LogP contribution in [0.4, 0.5) is 0 Å². The summed E-state index contributed by atoms with van der Waals surface area (Å²) in [5, 5.41) is 9.81. The van der Waals surface area contributed by atoms with Gasteiger partial charge in [-0.1, -0.05) is 28.1 Å². The van der Waals surface area contributed by atoms with Crippen LogP contribution in [0.25, 0.3) is 0 Å². The van der Waals surface area contributed by atoms with Gasteiger partial charge in [-0.05, 0) is 45.4 Å². The highest BCUT2D eigenvalue weighted by Crippen LogP contribution is 2.27. The monoisotopic (exact) mass is 327 g/mol.